The Morgan fingerprint density at radius 1 is 1.64 bits per heavy atom. The van der Waals surface area contributed by atoms with Crippen LogP contribution < -0.4 is 0 Å². The number of carbonyl (C=O) groups is 1. The van der Waals surface area contributed by atoms with Crippen LogP contribution in [0, 0.1) is 5.41 Å². The van der Waals surface area contributed by atoms with Gasteiger partial charge in [0.25, 0.3) is 0 Å². The molecule has 1 atom stereocenters. The Bertz CT molecular complexity index is 230. The summed E-state index contributed by atoms with van der Waals surface area (Å²) in [6.07, 6.45) is 5.15. The SMILES string of the molecule is C[C@]12CCCC1=CC(=O)OC2. The maximum atomic E-state index is 10.8. The largest absolute Gasteiger partial charge is 0.462 e. The maximum Gasteiger partial charge on any atom is 0.330 e. The minimum atomic E-state index is -0.153. The Morgan fingerprint density at radius 3 is 3.27 bits per heavy atom. The molecule has 2 rings (SSSR count). The van der Waals surface area contributed by atoms with E-state index in [0.29, 0.717) is 6.61 Å². The number of hydrogen-bond donors (Lipinski definition) is 0. The first-order chi connectivity index (χ1) is 5.21. The third kappa shape index (κ3) is 0.971. The monoisotopic (exact) mass is 152 g/mol. The molecule has 1 aliphatic carbocycles. The Hall–Kier alpha value is -0.790. The van der Waals surface area contributed by atoms with E-state index in [1.165, 1.54) is 18.4 Å². The minimum Gasteiger partial charge on any atom is -0.462 e. The first-order valence-corrected chi connectivity index (χ1v) is 4.08. The van der Waals surface area contributed by atoms with Gasteiger partial charge in [0, 0.05) is 11.5 Å². The zero-order valence-electron chi connectivity index (χ0n) is 6.72. The smallest absolute Gasteiger partial charge is 0.330 e. The second-order valence-electron chi connectivity index (χ2n) is 3.69. The summed E-state index contributed by atoms with van der Waals surface area (Å²) in [5.74, 6) is -0.153. The van der Waals surface area contributed by atoms with Gasteiger partial charge in [0.1, 0.15) is 6.61 Å². The van der Waals surface area contributed by atoms with Gasteiger partial charge in [0.15, 0.2) is 0 Å². The standard InChI is InChI=1S/C9H12O2/c1-9-4-2-3-7(9)5-8(10)11-6-9/h5H,2-4,6H2,1H3/t9-/m1/s1. The van der Waals surface area contributed by atoms with E-state index < -0.39 is 0 Å². The average molecular weight is 152 g/mol. The van der Waals surface area contributed by atoms with Gasteiger partial charge in [0.2, 0.25) is 0 Å². The number of cyclic esters (lactones) is 1. The fourth-order valence-electron chi connectivity index (χ4n) is 1.96. The third-order valence-electron chi connectivity index (χ3n) is 2.77. The lowest BCUT2D eigenvalue weighted by molar-refractivity contribution is -0.141. The topological polar surface area (TPSA) is 26.3 Å². The van der Waals surface area contributed by atoms with Crippen LogP contribution >= 0.6 is 0 Å². The van der Waals surface area contributed by atoms with Gasteiger partial charge in [-0.15, -0.1) is 0 Å². The van der Waals surface area contributed by atoms with Gasteiger partial charge >= 0.3 is 5.97 Å². The van der Waals surface area contributed by atoms with Crippen molar-refractivity contribution < 1.29 is 9.53 Å². The Labute approximate surface area is 66.2 Å². The van der Waals surface area contributed by atoms with Gasteiger partial charge < -0.3 is 4.74 Å². The van der Waals surface area contributed by atoms with Crippen molar-refractivity contribution in [1.82, 2.24) is 0 Å². The number of hydrogen-bond acceptors (Lipinski definition) is 2. The number of ether oxygens (including phenoxy) is 1. The Morgan fingerprint density at radius 2 is 2.45 bits per heavy atom. The minimum absolute atomic E-state index is 0.153. The molecule has 1 aliphatic heterocycles. The molecule has 2 aliphatic rings. The van der Waals surface area contributed by atoms with Crippen molar-refractivity contribution in [1.29, 1.82) is 0 Å². The van der Waals surface area contributed by atoms with Crippen molar-refractivity contribution in [2.45, 2.75) is 26.2 Å². The molecular formula is C9H12O2. The Balaban J connectivity index is 2.34. The fourth-order valence-corrected chi connectivity index (χ4v) is 1.96. The summed E-state index contributed by atoms with van der Waals surface area (Å²) >= 11 is 0. The van der Waals surface area contributed by atoms with E-state index in [1.807, 2.05) is 0 Å². The normalized spacial score (nSPS) is 36.1. The van der Waals surface area contributed by atoms with Crippen LogP contribution in [0.5, 0.6) is 0 Å². The lowest BCUT2D eigenvalue weighted by Crippen LogP contribution is -2.28. The van der Waals surface area contributed by atoms with Gasteiger partial charge in [0.05, 0.1) is 0 Å². The first kappa shape index (κ1) is 6.89. The van der Waals surface area contributed by atoms with E-state index in [2.05, 4.69) is 6.92 Å². The van der Waals surface area contributed by atoms with Crippen LogP contribution in [0.25, 0.3) is 0 Å². The van der Waals surface area contributed by atoms with E-state index >= 15 is 0 Å². The van der Waals surface area contributed by atoms with E-state index in [-0.39, 0.29) is 11.4 Å². The molecule has 2 heteroatoms. The van der Waals surface area contributed by atoms with Gasteiger partial charge in [-0.05, 0) is 19.3 Å². The van der Waals surface area contributed by atoms with Crippen LogP contribution in [0.15, 0.2) is 11.6 Å². The predicted molar refractivity (Wildman–Crippen MR) is 41.0 cm³/mol. The summed E-state index contributed by atoms with van der Waals surface area (Å²) in [4.78, 5) is 10.8. The van der Waals surface area contributed by atoms with Crippen LogP contribution in [-0.2, 0) is 9.53 Å². The van der Waals surface area contributed by atoms with E-state index in [9.17, 15) is 4.79 Å². The molecule has 0 bridgehead atoms. The van der Waals surface area contributed by atoms with Crippen LogP contribution in [0.3, 0.4) is 0 Å². The zero-order chi connectivity index (χ0) is 7.90. The first-order valence-electron chi connectivity index (χ1n) is 4.08. The van der Waals surface area contributed by atoms with E-state index in [4.69, 9.17) is 4.74 Å². The van der Waals surface area contributed by atoms with E-state index in [0.717, 1.165) is 6.42 Å². The molecule has 0 aromatic carbocycles. The van der Waals surface area contributed by atoms with Crippen molar-refractivity contribution in [2.24, 2.45) is 5.41 Å². The predicted octanol–water partition coefficient (Wildman–Crippen LogP) is 1.66. The van der Waals surface area contributed by atoms with Crippen molar-refractivity contribution in [3.05, 3.63) is 11.6 Å². The summed E-state index contributed by atoms with van der Waals surface area (Å²) in [7, 11) is 0. The molecule has 0 spiro atoms. The highest BCUT2D eigenvalue weighted by Crippen LogP contribution is 2.44. The molecule has 2 nitrogen and oxygen atoms in total. The molecule has 60 valence electrons. The number of rotatable bonds is 0. The highest BCUT2D eigenvalue weighted by molar-refractivity contribution is 5.84. The van der Waals surface area contributed by atoms with Crippen LogP contribution in [-0.4, -0.2) is 12.6 Å². The van der Waals surface area contributed by atoms with Crippen molar-refractivity contribution in [3.8, 4) is 0 Å². The van der Waals surface area contributed by atoms with Crippen LogP contribution in [0.4, 0.5) is 0 Å². The molecule has 11 heavy (non-hydrogen) atoms. The highest BCUT2D eigenvalue weighted by atomic mass is 16.5. The number of esters is 1. The molecule has 1 fully saturated rings. The Kier molecular flexibility index (Phi) is 1.31. The molecule has 0 unspecified atom stereocenters. The summed E-state index contributed by atoms with van der Waals surface area (Å²) < 4.78 is 4.98. The van der Waals surface area contributed by atoms with E-state index in [1.54, 1.807) is 6.08 Å². The zero-order valence-corrected chi connectivity index (χ0v) is 6.72. The lowest BCUT2D eigenvalue weighted by atomic mass is 9.84. The third-order valence-corrected chi connectivity index (χ3v) is 2.77. The molecule has 1 saturated carbocycles. The molecule has 0 aromatic rings. The summed E-state index contributed by atoms with van der Waals surface area (Å²) in [5.41, 5.74) is 1.49. The molecule has 0 saturated heterocycles. The molecule has 1 heterocycles. The molecule has 0 amide bonds. The second kappa shape index (κ2) is 2.10. The highest BCUT2D eigenvalue weighted by Gasteiger charge is 2.37. The number of carbonyl (C=O) groups excluding carboxylic acids is 1. The summed E-state index contributed by atoms with van der Waals surface area (Å²) in [6.45, 7) is 2.77. The fraction of sp³-hybridized carbons (Fsp3) is 0.667. The van der Waals surface area contributed by atoms with Gasteiger partial charge in [-0.2, -0.15) is 0 Å². The molecular weight excluding hydrogens is 140 g/mol. The molecule has 0 radical (unpaired) electrons. The second-order valence-corrected chi connectivity index (χ2v) is 3.69. The summed E-state index contributed by atoms with van der Waals surface area (Å²) in [5, 5.41) is 0. The van der Waals surface area contributed by atoms with Crippen molar-refractivity contribution in [3.63, 3.8) is 0 Å². The van der Waals surface area contributed by atoms with Gasteiger partial charge in [-0.25, -0.2) is 4.79 Å². The maximum absolute atomic E-state index is 10.8. The number of fused-ring (bicyclic) bond motifs is 1. The lowest BCUT2D eigenvalue weighted by Gasteiger charge is -2.28. The average Bonchev–Trinajstić information content (AvgIpc) is 2.31. The van der Waals surface area contributed by atoms with Gasteiger partial charge in [-0.3, -0.25) is 0 Å². The van der Waals surface area contributed by atoms with Crippen molar-refractivity contribution >= 4 is 5.97 Å². The molecule has 0 aromatic heterocycles. The molecule has 0 N–H and O–H groups in total. The van der Waals surface area contributed by atoms with Gasteiger partial charge in [-0.1, -0.05) is 12.5 Å². The van der Waals surface area contributed by atoms with Crippen LogP contribution in [0.1, 0.15) is 26.2 Å². The summed E-state index contributed by atoms with van der Waals surface area (Å²) in [6, 6.07) is 0. The quantitative estimate of drug-likeness (QED) is 0.493. The van der Waals surface area contributed by atoms with Crippen LogP contribution in [0.2, 0.25) is 0 Å². The van der Waals surface area contributed by atoms with Crippen molar-refractivity contribution in [2.75, 3.05) is 6.61 Å².